The summed E-state index contributed by atoms with van der Waals surface area (Å²) in [4.78, 5) is 12.0. The van der Waals surface area contributed by atoms with Crippen molar-refractivity contribution in [3.8, 4) is 0 Å². The van der Waals surface area contributed by atoms with Crippen LogP contribution in [0.15, 0.2) is 48.5 Å². The number of carbonyl (C=O) groups excluding carboxylic acids is 1. The van der Waals surface area contributed by atoms with Crippen LogP contribution in [0.4, 0.5) is 5.69 Å². The number of methoxy groups -OCH3 is 1. The maximum atomic E-state index is 12.0. The zero-order valence-corrected chi connectivity index (χ0v) is 11.4. The Morgan fingerprint density at radius 3 is 2.60 bits per heavy atom. The van der Waals surface area contributed by atoms with E-state index >= 15 is 0 Å². The molecule has 0 unspecified atom stereocenters. The Bertz CT molecular complexity index is 597. The number of anilines is 1. The summed E-state index contributed by atoms with van der Waals surface area (Å²) < 4.78 is 5.15. The van der Waals surface area contributed by atoms with E-state index in [0.29, 0.717) is 24.4 Å². The fourth-order valence-corrected chi connectivity index (χ4v) is 1.98. The van der Waals surface area contributed by atoms with Gasteiger partial charge >= 0.3 is 0 Å². The summed E-state index contributed by atoms with van der Waals surface area (Å²) in [7, 11) is 1.65. The molecule has 2 rings (SSSR count). The number of amides is 1. The van der Waals surface area contributed by atoms with Gasteiger partial charge in [0.2, 0.25) is 0 Å². The molecule has 2 aromatic rings. The summed E-state index contributed by atoms with van der Waals surface area (Å²) in [6.07, 6.45) is 0. The van der Waals surface area contributed by atoms with E-state index in [9.17, 15) is 4.79 Å². The Balaban J connectivity index is 2.03. The second-order valence-electron chi connectivity index (χ2n) is 4.51. The Labute approximate surface area is 118 Å². The minimum absolute atomic E-state index is 0.135. The number of nitrogens with two attached hydrogens (primary N) is 1. The van der Waals surface area contributed by atoms with Gasteiger partial charge in [-0.15, -0.1) is 0 Å². The van der Waals surface area contributed by atoms with E-state index in [4.69, 9.17) is 10.5 Å². The highest BCUT2D eigenvalue weighted by atomic mass is 16.5. The van der Waals surface area contributed by atoms with Crippen molar-refractivity contribution in [3.63, 3.8) is 0 Å². The van der Waals surface area contributed by atoms with Gasteiger partial charge in [-0.2, -0.15) is 0 Å². The lowest BCUT2D eigenvalue weighted by Gasteiger charge is -2.10. The molecule has 0 fully saturated rings. The van der Waals surface area contributed by atoms with Crippen LogP contribution >= 0.6 is 0 Å². The van der Waals surface area contributed by atoms with Crippen molar-refractivity contribution < 1.29 is 9.53 Å². The van der Waals surface area contributed by atoms with Crippen LogP contribution in [0, 0.1) is 0 Å². The van der Waals surface area contributed by atoms with E-state index in [2.05, 4.69) is 5.32 Å². The Morgan fingerprint density at radius 2 is 1.90 bits per heavy atom. The second-order valence-corrected chi connectivity index (χ2v) is 4.51. The number of hydrogen-bond donors (Lipinski definition) is 2. The summed E-state index contributed by atoms with van der Waals surface area (Å²) in [5, 5.41) is 2.89. The standard InChI is InChI=1S/C16H18N2O2/c1-20-11-14-6-3-2-5-13(14)10-18-16(19)12-7-4-8-15(17)9-12/h2-9H,10-11,17H2,1H3,(H,18,19). The van der Waals surface area contributed by atoms with Crippen molar-refractivity contribution in [2.45, 2.75) is 13.2 Å². The van der Waals surface area contributed by atoms with E-state index < -0.39 is 0 Å². The third-order valence-electron chi connectivity index (χ3n) is 3.01. The molecule has 0 aliphatic heterocycles. The molecular weight excluding hydrogens is 252 g/mol. The molecule has 0 aromatic heterocycles. The Morgan fingerprint density at radius 1 is 1.15 bits per heavy atom. The fraction of sp³-hybridized carbons (Fsp3) is 0.188. The molecule has 4 heteroatoms. The molecule has 3 N–H and O–H groups in total. The molecule has 0 heterocycles. The largest absolute Gasteiger partial charge is 0.399 e. The Hall–Kier alpha value is -2.33. The number of nitrogen functional groups attached to an aromatic ring is 1. The summed E-state index contributed by atoms with van der Waals surface area (Å²) in [5.41, 5.74) is 8.94. The maximum Gasteiger partial charge on any atom is 0.251 e. The van der Waals surface area contributed by atoms with Crippen molar-refractivity contribution in [2.24, 2.45) is 0 Å². The lowest BCUT2D eigenvalue weighted by molar-refractivity contribution is 0.0950. The molecule has 104 valence electrons. The SMILES string of the molecule is COCc1ccccc1CNC(=O)c1cccc(N)c1. The van der Waals surface area contributed by atoms with E-state index in [1.165, 1.54) is 0 Å². The second kappa shape index (κ2) is 6.73. The molecule has 0 atom stereocenters. The van der Waals surface area contributed by atoms with Gasteiger partial charge in [-0.1, -0.05) is 30.3 Å². The van der Waals surface area contributed by atoms with E-state index in [1.807, 2.05) is 24.3 Å². The van der Waals surface area contributed by atoms with Crippen molar-refractivity contribution in [2.75, 3.05) is 12.8 Å². The summed E-state index contributed by atoms with van der Waals surface area (Å²) >= 11 is 0. The van der Waals surface area contributed by atoms with Crippen LogP contribution in [0.5, 0.6) is 0 Å². The highest BCUT2D eigenvalue weighted by Crippen LogP contribution is 2.11. The van der Waals surface area contributed by atoms with Crippen LogP contribution in [-0.4, -0.2) is 13.0 Å². The monoisotopic (exact) mass is 270 g/mol. The molecule has 0 bridgehead atoms. The lowest BCUT2D eigenvalue weighted by Crippen LogP contribution is -2.23. The summed E-state index contributed by atoms with van der Waals surface area (Å²) in [6.45, 7) is 0.998. The van der Waals surface area contributed by atoms with Gasteiger partial charge in [-0.25, -0.2) is 0 Å². The molecule has 0 saturated heterocycles. The van der Waals surface area contributed by atoms with Crippen molar-refractivity contribution >= 4 is 11.6 Å². The first-order valence-electron chi connectivity index (χ1n) is 6.40. The van der Waals surface area contributed by atoms with Gasteiger partial charge in [0.05, 0.1) is 6.61 Å². The van der Waals surface area contributed by atoms with Crippen LogP contribution < -0.4 is 11.1 Å². The topological polar surface area (TPSA) is 64.3 Å². The van der Waals surface area contributed by atoms with Gasteiger partial charge in [-0.3, -0.25) is 4.79 Å². The summed E-state index contributed by atoms with van der Waals surface area (Å²) in [6, 6.07) is 14.8. The zero-order valence-electron chi connectivity index (χ0n) is 11.4. The van der Waals surface area contributed by atoms with Crippen LogP contribution in [0.1, 0.15) is 21.5 Å². The minimum atomic E-state index is -0.135. The number of hydrogen-bond acceptors (Lipinski definition) is 3. The van der Waals surface area contributed by atoms with Gasteiger partial charge in [0.1, 0.15) is 0 Å². The number of rotatable bonds is 5. The first kappa shape index (κ1) is 14.1. The van der Waals surface area contributed by atoms with E-state index in [1.54, 1.807) is 31.4 Å². The molecule has 0 radical (unpaired) electrons. The molecule has 0 saturated carbocycles. The predicted molar refractivity (Wildman–Crippen MR) is 79.2 cm³/mol. The molecule has 1 amide bonds. The van der Waals surface area contributed by atoms with Gasteiger partial charge in [0.25, 0.3) is 5.91 Å². The molecule has 0 aliphatic carbocycles. The van der Waals surface area contributed by atoms with Crippen LogP contribution in [-0.2, 0) is 17.9 Å². The number of ether oxygens (including phenoxy) is 1. The van der Waals surface area contributed by atoms with Gasteiger partial charge in [0, 0.05) is 24.9 Å². The third kappa shape index (κ3) is 3.59. The average Bonchev–Trinajstić information content (AvgIpc) is 2.46. The smallest absolute Gasteiger partial charge is 0.251 e. The van der Waals surface area contributed by atoms with Crippen LogP contribution in [0.2, 0.25) is 0 Å². The predicted octanol–water partition coefficient (Wildman–Crippen LogP) is 2.35. The van der Waals surface area contributed by atoms with Crippen LogP contribution in [0.25, 0.3) is 0 Å². The molecule has 20 heavy (non-hydrogen) atoms. The van der Waals surface area contributed by atoms with E-state index in [0.717, 1.165) is 11.1 Å². The first-order valence-corrected chi connectivity index (χ1v) is 6.40. The van der Waals surface area contributed by atoms with E-state index in [-0.39, 0.29) is 5.91 Å². The summed E-state index contributed by atoms with van der Waals surface area (Å²) in [5.74, 6) is -0.135. The average molecular weight is 270 g/mol. The molecule has 2 aromatic carbocycles. The zero-order chi connectivity index (χ0) is 14.4. The van der Waals surface area contributed by atoms with Crippen LogP contribution in [0.3, 0.4) is 0 Å². The minimum Gasteiger partial charge on any atom is -0.399 e. The fourth-order valence-electron chi connectivity index (χ4n) is 1.98. The maximum absolute atomic E-state index is 12.0. The first-order chi connectivity index (χ1) is 9.70. The lowest BCUT2D eigenvalue weighted by atomic mass is 10.1. The molecular formula is C16H18N2O2. The van der Waals surface area contributed by atoms with Gasteiger partial charge in [0.15, 0.2) is 0 Å². The molecule has 4 nitrogen and oxygen atoms in total. The van der Waals surface area contributed by atoms with Crippen molar-refractivity contribution in [1.82, 2.24) is 5.32 Å². The number of benzene rings is 2. The quantitative estimate of drug-likeness (QED) is 0.820. The van der Waals surface area contributed by atoms with Crippen molar-refractivity contribution in [1.29, 1.82) is 0 Å². The molecule has 0 aliphatic rings. The highest BCUT2D eigenvalue weighted by Gasteiger charge is 2.07. The highest BCUT2D eigenvalue weighted by molar-refractivity contribution is 5.94. The van der Waals surface area contributed by atoms with Gasteiger partial charge in [-0.05, 0) is 29.3 Å². The Kier molecular flexibility index (Phi) is 4.74. The number of carbonyl (C=O) groups is 1. The normalized spacial score (nSPS) is 10.2. The van der Waals surface area contributed by atoms with Crippen molar-refractivity contribution in [3.05, 3.63) is 65.2 Å². The molecule has 0 spiro atoms. The van der Waals surface area contributed by atoms with Gasteiger partial charge < -0.3 is 15.8 Å². The third-order valence-corrected chi connectivity index (χ3v) is 3.01. The number of nitrogens with one attached hydrogen (secondary N) is 1.